The van der Waals surface area contributed by atoms with Gasteiger partial charge in [0.2, 0.25) is 5.91 Å². The zero-order chi connectivity index (χ0) is 20.5. The second-order valence-electron chi connectivity index (χ2n) is 8.28. The lowest BCUT2D eigenvalue weighted by Crippen LogP contribution is -2.44. The first kappa shape index (κ1) is 20.0. The van der Waals surface area contributed by atoms with Gasteiger partial charge >= 0.3 is 5.63 Å². The molecule has 2 aromatic rings. The molecule has 2 fully saturated rings. The molecule has 0 saturated carbocycles. The minimum absolute atomic E-state index is 0.132. The number of nitrogens with zero attached hydrogens (tertiary/aromatic N) is 2. The summed E-state index contributed by atoms with van der Waals surface area (Å²) in [4.78, 5) is 30.0. The summed E-state index contributed by atoms with van der Waals surface area (Å²) in [7, 11) is 1.58. The highest BCUT2D eigenvalue weighted by Crippen LogP contribution is 2.28. The molecular formula is C23H30N2O4. The Bertz CT molecular complexity index is 961. The third kappa shape index (κ3) is 3.78. The van der Waals surface area contributed by atoms with E-state index in [1.54, 1.807) is 13.2 Å². The van der Waals surface area contributed by atoms with Crippen LogP contribution in [0.4, 0.5) is 0 Å². The highest BCUT2D eigenvalue weighted by atomic mass is 16.5. The lowest BCUT2D eigenvalue weighted by Gasteiger charge is -2.30. The van der Waals surface area contributed by atoms with E-state index in [4.69, 9.17) is 9.15 Å². The minimum atomic E-state index is -0.361. The van der Waals surface area contributed by atoms with Crippen LogP contribution in [0.2, 0.25) is 0 Å². The summed E-state index contributed by atoms with van der Waals surface area (Å²) in [5.41, 5.74) is 1.64. The van der Waals surface area contributed by atoms with Crippen molar-refractivity contribution in [2.24, 2.45) is 0 Å². The van der Waals surface area contributed by atoms with Crippen LogP contribution in [0.3, 0.4) is 0 Å². The molecule has 0 spiro atoms. The predicted octanol–water partition coefficient (Wildman–Crippen LogP) is 3.13. The molecule has 0 N–H and O–H groups in total. The van der Waals surface area contributed by atoms with E-state index in [2.05, 4.69) is 11.8 Å². The van der Waals surface area contributed by atoms with Gasteiger partial charge in [0.25, 0.3) is 0 Å². The first-order valence-corrected chi connectivity index (χ1v) is 10.6. The number of carbonyl (C=O) groups is 1. The van der Waals surface area contributed by atoms with Crippen molar-refractivity contribution >= 4 is 16.9 Å². The molecule has 2 aliphatic rings. The Morgan fingerprint density at radius 2 is 2.00 bits per heavy atom. The molecule has 2 unspecified atom stereocenters. The second kappa shape index (κ2) is 8.19. The van der Waals surface area contributed by atoms with Crippen LogP contribution in [-0.4, -0.2) is 54.5 Å². The normalized spacial score (nSPS) is 22.5. The summed E-state index contributed by atoms with van der Waals surface area (Å²) in [5.74, 6) is 0.784. The maximum atomic E-state index is 12.9. The van der Waals surface area contributed by atoms with E-state index < -0.39 is 0 Å². The number of likely N-dealkylation sites (tertiary alicyclic amines) is 2. The van der Waals surface area contributed by atoms with Gasteiger partial charge in [-0.2, -0.15) is 0 Å². The fourth-order valence-electron chi connectivity index (χ4n) is 5.00. The number of carbonyl (C=O) groups excluding carboxylic acids is 1. The van der Waals surface area contributed by atoms with Crippen molar-refractivity contribution in [2.75, 3.05) is 26.7 Å². The fourth-order valence-corrected chi connectivity index (χ4v) is 5.00. The third-order valence-electron chi connectivity index (χ3n) is 6.73. The Hall–Kier alpha value is -2.34. The standard InChI is InChI=1S/C23H30N2O4/c1-15-18-7-6-17(28-3)14-21(18)29-23(27)19(15)8-9-22(26)25-13-10-20(16(25)2)24-11-4-5-12-24/h6-7,14,16,20H,4-5,8-13H2,1-3H3. The number of hydrogen-bond acceptors (Lipinski definition) is 5. The van der Waals surface area contributed by atoms with Crippen molar-refractivity contribution in [1.29, 1.82) is 0 Å². The SMILES string of the molecule is COc1ccc2c(C)c(CCC(=O)N3CCC(N4CCCC4)C3C)c(=O)oc2c1. The van der Waals surface area contributed by atoms with Crippen LogP contribution in [0.1, 0.15) is 43.7 Å². The quantitative estimate of drug-likeness (QED) is 0.724. The van der Waals surface area contributed by atoms with Crippen LogP contribution in [0.25, 0.3) is 11.0 Å². The molecule has 4 rings (SSSR count). The van der Waals surface area contributed by atoms with Gasteiger partial charge < -0.3 is 14.1 Å². The zero-order valence-electron chi connectivity index (χ0n) is 17.6. The molecule has 2 atom stereocenters. The largest absolute Gasteiger partial charge is 0.497 e. The van der Waals surface area contributed by atoms with E-state index in [-0.39, 0.29) is 17.6 Å². The Kier molecular flexibility index (Phi) is 5.63. The van der Waals surface area contributed by atoms with Gasteiger partial charge in [-0.3, -0.25) is 9.69 Å². The summed E-state index contributed by atoms with van der Waals surface area (Å²) in [5, 5.41) is 0.886. The van der Waals surface area contributed by atoms with E-state index in [9.17, 15) is 9.59 Å². The number of benzene rings is 1. The zero-order valence-corrected chi connectivity index (χ0v) is 17.6. The van der Waals surface area contributed by atoms with Crippen LogP contribution < -0.4 is 10.4 Å². The average molecular weight is 399 g/mol. The van der Waals surface area contributed by atoms with Crippen LogP contribution in [-0.2, 0) is 11.2 Å². The van der Waals surface area contributed by atoms with Crippen LogP contribution >= 0.6 is 0 Å². The summed E-state index contributed by atoms with van der Waals surface area (Å²) in [6.45, 7) is 7.20. The minimum Gasteiger partial charge on any atom is -0.497 e. The molecule has 156 valence electrons. The van der Waals surface area contributed by atoms with Gasteiger partial charge in [-0.1, -0.05) is 0 Å². The van der Waals surface area contributed by atoms with Gasteiger partial charge in [0.1, 0.15) is 11.3 Å². The van der Waals surface area contributed by atoms with E-state index in [0.717, 1.165) is 37.0 Å². The molecular weight excluding hydrogens is 368 g/mol. The van der Waals surface area contributed by atoms with Crippen molar-refractivity contribution in [3.63, 3.8) is 0 Å². The molecule has 3 heterocycles. The Balaban J connectivity index is 1.46. The van der Waals surface area contributed by atoms with Crippen molar-refractivity contribution in [3.8, 4) is 5.75 Å². The van der Waals surface area contributed by atoms with Gasteiger partial charge in [-0.15, -0.1) is 0 Å². The number of fused-ring (bicyclic) bond motifs is 1. The predicted molar refractivity (Wildman–Crippen MR) is 112 cm³/mol. The molecule has 6 heteroatoms. The summed E-state index contributed by atoms with van der Waals surface area (Å²) in [6.07, 6.45) is 4.32. The Labute approximate surface area is 171 Å². The van der Waals surface area contributed by atoms with Crippen LogP contribution in [0.15, 0.2) is 27.4 Å². The van der Waals surface area contributed by atoms with Gasteiger partial charge in [0, 0.05) is 42.1 Å². The van der Waals surface area contributed by atoms with Crippen LogP contribution in [0, 0.1) is 6.92 Å². The van der Waals surface area contributed by atoms with E-state index >= 15 is 0 Å². The third-order valence-corrected chi connectivity index (χ3v) is 6.73. The molecule has 2 aliphatic heterocycles. The molecule has 1 amide bonds. The van der Waals surface area contributed by atoms with Crippen molar-refractivity contribution < 1.29 is 13.9 Å². The van der Waals surface area contributed by atoms with Gasteiger partial charge in [0.05, 0.1) is 7.11 Å². The molecule has 2 saturated heterocycles. The molecule has 1 aromatic carbocycles. The van der Waals surface area contributed by atoms with Crippen molar-refractivity contribution in [1.82, 2.24) is 9.80 Å². The van der Waals surface area contributed by atoms with E-state index in [1.165, 1.54) is 12.8 Å². The highest BCUT2D eigenvalue weighted by molar-refractivity contribution is 5.83. The summed E-state index contributed by atoms with van der Waals surface area (Å²) >= 11 is 0. The second-order valence-corrected chi connectivity index (χ2v) is 8.28. The maximum Gasteiger partial charge on any atom is 0.339 e. The van der Waals surface area contributed by atoms with Gasteiger partial charge in [-0.05, 0) is 70.3 Å². The average Bonchev–Trinajstić information content (AvgIpc) is 3.36. The number of amides is 1. The highest BCUT2D eigenvalue weighted by Gasteiger charge is 2.37. The molecule has 0 radical (unpaired) electrons. The van der Waals surface area contributed by atoms with Gasteiger partial charge in [0.15, 0.2) is 0 Å². The number of rotatable bonds is 5. The van der Waals surface area contributed by atoms with Crippen LogP contribution in [0.5, 0.6) is 5.75 Å². The number of ether oxygens (including phenoxy) is 1. The maximum absolute atomic E-state index is 12.9. The first-order chi connectivity index (χ1) is 14.0. The topological polar surface area (TPSA) is 63.0 Å². The molecule has 0 aliphatic carbocycles. The molecule has 1 aromatic heterocycles. The first-order valence-electron chi connectivity index (χ1n) is 10.6. The Morgan fingerprint density at radius 3 is 2.72 bits per heavy atom. The van der Waals surface area contributed by atoms with E-state index in [0.29, 0.717) is 35.8 Å². The fraction of sp³-hybridized carbons (Fsp3) is 0.565. The Morgan fingerprint density at radius 1 is 1.24 bits per heavy atom. The van der Waals surface area contributed by atoms with Crippen molar-refractivity contribution in [2.45, 2.75) is 58.0 Å². The molecule has 29 heavy (non-hydrogen) atoms. The molecule has 0 bridgehead atoms. The number of methoxy groups -OCH3 is 1. The lowest BCUT2D eigenvalue weighted by molar-refractivity contribution is -0.132. The summed E-state index contributed by atoms with van der Waals surface area (Å²) < 4.78 is 10.7. The number of aryl methyl sites for hydroxylation is 1. The van der Waals surface area contributed by atoms with E-state index in [1.807, 2.05) is 24.0 Å². The summed E-state index contributed by atoms with van der Waals surface area (Å²) in [6, 6.07) is 6.20. The lowest BCUT2D eigenvalue weighted by atomic mass is 10.0. The molecule has 6 nitrogen and oxygen atoms in total. The van der Waals surface area contributed by atoms with Crippen molar-refractivity contribution in [3.05, 3.63) is 39.7 Å². The smallest absolute Gasteiger partial charge is 0.339 e. The monoisotopic (exact) mass is 398 g/mol. The number of hydrogen-bond donors (Lipinski definition) is 0. The van der Waals surface area contributed by atoms with Gasteiger partial charge in [-0.25, -0.2) is 4.79 Å².